The summed E-state index contributed by atoms with van der Waals surface area (Å²) in [6, 6.07) is 2.81. The Morgan fingerprint density at radius 2 is 2.00 bits per heavy atom. The van der Waals surface area contributed by atoms with Crippen molar-refractivity contribution in [2.75, 3.05) is 39.3 Å². The van der Waals surface area contributed by atoms with E-state index in [4.69, 9.17) is 4.74 Å². The third kappa shape index (κ3) is 4.76. The summed E-state index contributed by atoms with van der Waals surface area (Å²) in [4.78, 5) is 49.4. The Labute approximate surface area is 200 Å². The number of carbonyl (C=O) groups excluding carboxylic acids is 3. The maximum Gasteiger partial charge on any atom is 0.257 e. The third-order valence-corrected chi connectivity index (χ3v) is 7.88. The molecule has 1 aromatic rings. The molecule has 3 amide bonds. The van der Waals surface area contributed by atoms with Crippen LogP contribution in [0.5, 0.6) is 5.88 Å². The lowest BCUT2D eigenvalue weighted by molar-refractivity contribution is -0.146. The number of piperazine rings is 1. The van der Waals surface area contributed by atoms with Crippen molar-refractivity contribution in [1.82, 2.24) is 25.0 Å². The average Bonchev–Trinajstić information content (AvgIpc) is 3.24. The van der Waals surface area contributed by atoms with Crippen LogP contribution in [-0.2, 0) is 9.59 Å². The van der Waals surface area contributed by atoms with Gasteiger partial charge in [0.15, 0.2) is 0 Å². The van der Waals surface area contributed by atoms with Gasteiger partial charge >= 0.3 is 0 Å². The van der Waals surface area contributed by atoms with Gasteiger partial charge in [-0.05, 0) is 37.3 Å². The van der Waals surface area contributed by atoms with Gasteiger partial charge in [0.1, 0.15) is 12.2 Å². The van der Waals surface area contributed by atoms with Crippen molar-refractivity contribution in [3.05, 3.63) is 23.9 Å². The summed E-state index contributed by atoms with van der Waals surface area (Å²) in [6.45, 7) is 4.76. The highest BCUT2D eigenvalue weighted by atomic mass is 16.5. The van der Waals surface area contributed by atoms with Gasteiger partial charge in [-0.15, -0.1) is 0 Å². The van der Waals surface area contributed by atoms with Gasteiger partial charge in [-0.25, -0.2) is 4.98 Å². The molecular formula is C25H35N5O4. The lowest BCUT2D eigenvalue weighted by atomic mass is 9.89. The summed E-state index contributed by atoms with van der Waals surface area (Å²) in [5.74, 6) is 0.738. The molecule has 3 fully saturated rings. The van der Waals surface area contributed by atoms with Gasteiger partial charge in [-0.2, -0.15) is 0 Å². The van der Waals surface area contributed by atoms with Crippen LogP contribution in [0, 0.1) is 5.92 Å². The number of aromatic nitrogens is 1. The molecule has 2 saturated heterocycles. The van der Waals surface area contributed by atoms with Crippen LogP contribution >= 0.6 is 0 Å². The Bertz CT molecular complexity index is 934. The highest BCUT2D eigenvalue weighted by molar-refractivity contribution is 5.96. The SMILES string of the molecule is CC(=O)N1CCN2C(=O)[C@@H]3C[C@H](CN3CC3CCCCC3)NC(=O)c3cccnc3OC[C@@H]2C1. The monoisotopic (exact) mass is 469 g/mol. The van der Waals surface area contributed by atoms with E-state index in [1.807, 2.05) is 4.90 Å². The van der Waals surface area contributed by atoms with Crippen LogP contribution in [0.4, 0.5) is 0 Å². The van der Waals surface area contributed by atoms with Crippen LogP contribution in [0.25, 0.3) is 0 Å². The van der Waals surface area contributed by atoms with Gasteiger partial charge in [0, 0.05) is 51.9 Å². The van der Waals surface area contributed by atoms with E-state index in [-0.39, 0.29) is 48.3 Å². The number of likely N-dealkylation sites (tertiary alicyclic amines) is 1. The zero-order valence-corrected chi connectivity index (χ0v) is 19.9. The van der Waals surface area contributed by atoms with Crippen LogP contribution in [0.3, 0.4) is 0 Å². The second-order valence-corrected chi connectivity index (χ2v) is 10.2. The highest BCUT2D eigenvalue weighted by Gasteiger charge is 2.43. The Balaban J connectivity index is 1.44. The predicted octanol–water partition coefficient (Wildman–Crippen LogP) is 1.29. The first-order valence-corrected chi connectivity index (χ1v) is 12.7. The molecule has 0 radical (unpaired) electrons. The summed E-state index contributed by atoms with van der Waals surface area (Å²) in [5.41, 5.74) is 0.405. The van der Waals surface area contributed by atoms with Crippen molar-refractivity contribution in [2.45, 2.75) is 63.6 Å². The van der Waals surface area contributed by atoms with E-state index >= 15 is 0 Å². The summed E-state index contributed by atoms with van der Waals surface area (Å²) in [6.07, 6.45) is 8.44. The average molecular weight is 470 g/mol. The molecule has 4 aliphatic rings. The number of amides is 3. The van der Waals surface area contributed by atoms with Gasteiger partial charge in [0.25, 0.3) is 5.91 Å². The van der Waals surface area contributed by atoms with Crippen molar-refractivity contribution < 1.29 is 19.1 Å². The standard InChI is InChI=1S/C25H35N5O4/c1-17(31)28-10-11-30-20(15-28)16-34-24-21(8-5-9-26-24)23(32)27-19-12-22(25(30)33)29(14-19)13-18-6-3-2-4-7-18/h5,8-9,18-20,22H,2-4,6-7,10-16H2,1H3,(H,27,32)/t19-,20+,22+/m1/s1. The molecule has 2 bridgehead atoms. The van der Waals surface area contributed by atoms with E-state index in [2.05, 4.69) is 15.2 Å². The van der Waals surface area contributed by atoms with Gasteiger partial charge in [0.2, 0.25) is 17.7 Å². The second-order valence-electron chi connectivity index (χ2n) is 10.2. The molecule has 0 spiro atoms. The summed E-state index contributed by atoms with van der Waals surface area (Å²) < 4.78 is 6.00. The number of rotatable bonds is 2. The molecular weight excluding hydrogens is 434 g/mol. The van der Waals surface area contributed by atoms with Crippen molar-refractivity contribution in [3.63, 3.8) is 0 Å². The molecule has 1 saturated carbocycles. The minimum absolute atomic E-state index is 0.00373. The molecule has 1 aromatic heterocycles. The number of nitrogens with zero attached hydrogens (tertiary/aromatic N) is 4. The Morgan fingerprint density at radius 1 is 1.18 bits per heavy atom. The first-order valence-electron chi connectivity index (χ1n) is 12.7. The van der Waals surface area contributed by atoms with Crippen molar-refractivity contribution in [2.24, 2.45) is 5.92 Å². The summed E-state index contributed by atoms with van der Waals surface area (Å²) in [7, 11) is 0. The van der Waals surface area contributed by atoms with Crippen LogP contribution < -0.4 is 10.1 Å². The van der Waals surface area contributed by atoms with Gasteiger partial charge in [-0.1, -0.05) is 19.3 Å². The largest absolute Gasteiger partial charge is 0.475 e. The first-order chi connectivity index (χ1) is 16.5. The highest BCUT2D eigenvalue weighted by Crippen LogP contribution is 2.30. The van der Waals surface area contributed by atoms with Crippen molar-refractivity contribution in [1.29, 1.82) is 0 Å². The Hall–Kier alpha value is -2.68. The summed E-state index contributed by atoms with van der Waals surface area (Å²) >= 11 is 0. The molecule has 9 nitrogen and oxygen atoms in total. The summed E-state index contributed by atoms with van der Waals surface area (Å²) in [5, 5.41) is 3.14. The lowest BCUT2D eigenvalue weighted by Gasteiger charge is -2.43. The molecule has 0 unspecified atom stereocenters. The predicted molar refractivity (Wildman–Crippen MR) is 125 cm³/mol. The second kappa shape index (κ2) is 9.90. The third-order valence-electron chi connectivity index (χ3n) is 7.88. The molecule has 1 aliphatic carbocycles. The van der Waals surface area contributed by atoms with Gasteiger partial charge in [-0.3, -0.25) is 19.3 Å². The van der Waals surface area contributed by atoms with Crippen molar-refractivity contribution >= 4 is 17.7 Å². The molecule has 4 heterocycles. The lowest BCUT2D eigenvalue weighted by Crippen LogP contribution is -2.61. The fourth-order valence-electron chi connectivity index (χ4n) is 6.05. The van der Waals surface area contributed by atoms with Crippen molar-refractivity contribution in [3.8, 4) is 5.88 Å². The molecule has 34 heavy (non-hydrogen) atoms. The molecule has 3 atom stereocenters. The van der Waals surface area contributed by atoms with Crippen LogP contribution in [0.2, 0.25) is 0 Å². The van der Waals surface area contributed by atoms with Gasteiger partial charge in [0.05, 0.1) is 12.1 Å². The number of carbonyl (C=O) groups is 3. The van der Waals surface area contributed by atoms with E-state index in [1.54, 1.807) is 30.2 Å². The maximum absolute atomic E-state index is 13.9. The molecule has 3 aliphatic heterocycles. The van der Waals surface area contributed by atoms with E-state index in [9.17, 15) is 14.4 Å². The minimum atomic E-state index is -0.280. The van der Waals surface area contributed by atoms with E-state index in [0.29, 0.717) is 44.1 Å². The Morgan fingerprint density at radius 3 is 2.79 bits per heavy atom. The van der Waals surface area contributed by atoms with Crippen LogP contribution in [0.1, 0.15) is 55.8 Å². The fraction of sp³-hybridized carbons (Fsp3) is 0.680. The fourth-order valence-corrected chi connectivity index (χ4v) is 6.05. The quantitative estimate of drug-likeness (QED) is 0.701. The van der Waals surface area contributed by atoms with E-state index in [1.165, 1.54) is 32.1 Å². The van der Waals surface area contributed by atoms with Crippen LogP contribution in [0.15, 0.2) is 18.3 Å². The minimum Gasteiger partial charge on any atom is -0.475 e. The number of hydrogen-bond acceptors (Lipinski definition) is 6. The molecule has 9 heteroatoms. The number of ether oxygens (including phenoxy) is 1. The zero-order chi connectivity index (χ0) is 23.7. The zero-order valence-electron chi connectivity index (χ0n) is 19.9. The molecule has 0 aromatic carbocycles. The van der Waals surface area contributed by atoms with Gasteiger partial charge < -0.3 is 19.9 Å². The smallest absolute Gasteiger partial charge is 0.257 e. The molecule has 1 N–H and O–H groups in total. The van der Waals surface area contributed by atoms with E-state index < -0.39 is 0 Å². The number of hydrogen-bond donors (Lipinski definition) is 1. The Kier molecular flexibility index (Phi) is 6.72. The number of nitrogens with one attached hydrogen (secondary N) is 1. The van der Waals surface area contributed by atoms with Crippen LogP contribution in [-0.4, -0.2) is 94.9 Å². The molecule has 5 rings (SSSR count). The first kappa shape index (κ1) is 23.1. The topological polar surface area (TPSA) is 95.1 Å². The maximum atomic E-state index is 13.9. The van der Waals surface area contributed by atoms with E-state index in [0.717, 1.165) is 6.54 Å². The normalized spacial score (nSPS) is 28.8. The number of fused-ring (bicyclic) bond motifs is 4. The number of pyridine rings is 1. The molecule has 184 valence electrons.